The number of aromatic nitrogens is 1. The van der Waals surface area contributed by atoms with E-state index < -0.39 is 5.60 Å². The second-order valence-corrected chi connectivity index (χ2v) is 6.02. The van der Waals surface area contributed by atoms with Gasteiger partial charge in [-0.1, -0.05) is 0 Å². The number of amides is 1. The van der Waals surface area contributed by atoms with E-state index in [1.807, 2.05) is 39.2 Å². The number of H-pyrrole nitrogens is 1. The SMILES string of the molecule is CC(C)(C)OC(=O)NCC(NC1CC1)c1cc[nH]c1. The molecule has 0 radical (unpaired) electrons. The van der Waals surface area contributed by atoms with Gasteiger partial charge < -0.3 is 20.4 Å². The molecule has 0 bridgehead atoms. The third-order valence-electron chi connectivity index (χ3n) is 2.89. The fourth-order valence-corrected chi connectivity index (χ4v) is 1.86. The first-order valence-electron chi connectivity index (χ1n) is 6.79. The van der Waals surface area contributed by atoms with Gasteiger partial charge in [-0.05, 0) is 45.2 Å². The molecule has 1 saturated carbocycles. The highest BCUT2D eigenvalue weighted by atomic mass is 16.6. The Bertz CT molecular complexity index is 405. The van der Waals surface area contributed by atoms with Gasteiger partial charge in [0, 0.05) is 25.0 Å². The number of rotatable bonds is 5. The Kier molecular flexibility index (Phi) is 4.14. The van der Waals surface area contributed by atoms with Gasteiger partial charge in [-0.15, -0.1) is 0 Å². The van der Waals surface area contributed by atoms with Crippen LogP contribution in [0, 0.1) is 0 Å². The van der Waals surface area contributed by atoms with E-state index in [0.717, 1.165) is 5.56 Å². The van der Waals surface area contributed by atoms with Crippen molar-refractivity contribution in [2.24, 2.45) is 0 Å². The van der Waals surface area contributed by atoms with Crippen LogP contribution in [0.5, 0.6) is 0 Å². The number of nitrogens with one attached hydrogen (secondary N) is 3. The molecule has 3 N–H and O–H groups in total. The Morgan fingerprint density at radius 1 is 1.53 bits per heavy atom. The van der Waals surface area contributed by atoms with Crippen molar-refractivity contribution >= 4 is 6.09 Å². The topological polar surface area (TPSA) is 66.2 Å². The fourth-order valence-electron chi connectivity index (χ4n) is 1.86. The Morgan fingerprint density at radius 2 is 2.26 bits per heavy atom. The van der Waals surface area contributed by atoms with Crippen LogP contribution in [0.4, 0.5) is 4.79 Å². The molecular weight excluding hydrogens is 242 g/mol. The predicted molar refractivity (Wildman–Crippen MR) is 73.9 cm³/mol. The molecule has 0 aromatic carbocycles. The lowest BCUT2D eigenvalue weighted by atomic mass is 10.1. The zero-order valence-corrected chi connectivity index (χ0v) is 11.8. The van der Waals surface area contributed by atoms with Gasteiger partial charge in [0.1, 0.15) is 5.60 Å². The van der Waals surface area contributed by atoms with E-state index in [1.165, 1.54) is 12.8 Å². The molecule has 1 aromatic rings. The van der Waals surface area contributed by atoms with Crippen molar-refractivity contribution < 1.29 is 9.53 Å². The number of alkyl carbamates (subject to hydrolysis) is 1. The Labute approximate surface area is 114 Å². The minimum atomic E-state index is -0.461. The number of ether oxygens (including phenoxy) is 1. The second kappa shape index (κ2) is 5.65. The molecule has 1 unspecified atom stereocenters. The summed E-state index contributed by atoms with van der Waals surface area (Å²) in [5, 5.41) is 6.34. The smallest absolute Gasteiger partial charge is 0.407 e. The van der Waals surface area contributed by atoms with Crippen molar-refractivity contribution in [2.45, 2.75) is 51.3 Å². The molecule has 2 rings (SSSR count). The van der Waals surface area contributed by atoms with Crippen molar-refractivity contribution in [1.82, 2.24) is 15.6 Å². The van der Waals surface area contributed by atoms with E-state index in [0.29, 0.717) is 12.6 Å². The summed E-state index contributed by atoms with van der Waals surface area (Å²) < 4.78 is 5.24. The lowest BCUT2D eigenvalue weighted by molar-refractivity contribution is 0.0522. The van der Waals surface area contributed by atoms with Crippen LogP contribution in [0.25, 0.3) is 0 Å². The molecule has 1 atom stereocenters. The minimum Gasteiger partial charge on any atom is -0.444 e. The lowest BCUT2D eigenvalue weighted by Gasteiger charge is -2.22. The summed E-state index contributed by atoms with van der Waals surface area (Å²) in [6, 6.07) is 2.74. The molecule has 1 aromatic heterocycles. The van der Waals surface area contributed by atoms with Crippen molar-refractivity contribution in [3.63, 3.8) is 0 Å². The van der Waals surface area contributed by atoms with Crippen LogP contribution >= 0.6 is 0 Å². The molecule has 1 heterocycles. The molecule has 1 amide bonds. The summed E-state index contributed by atoms with van der Waals surface area (Å²) in [7, 11) is 0. The first-order valence-corrected chi connectivity index (χ1v) is 6.79. The van der Waals surface area contributed by atoms with Crippen molar-refractivity contribution in [3.8, 4) is 0 Å². The quantitative estimate of drug-likeness (QED) is 0.765. The molecule has 5 nitrogen and oxygen atoms in total. The molecule has 106 valence electrons. The molecular formula is C14H23N3O2. The maximum atomic E-state index is 11.7. The monoisotopic (exact) mass is 265 g/mol. The molecule has 1 aliphatic rings. The van der Waals surface area contributed by atoms with E-state index in [-0.39, 0.29) is 12.1 Å². The lowest BCUT2D eigenvalue weighted by Crippen LogP contribution is -2.38. The van der Waals surface area contributed by atoms with Gasteiger partial charge in [0.25, 0.3) is 0 Å². The van der Waals surface area contributed by atoms with Crippen LogP contribution in [-0.2, 0) is 4.74 Å². The molecule has 0 aliphatic heterocycles. The third kappa shape index (κ3) is 4.95. The molecule has 0 saturated heterocycles. The number of carbonyl (C=O) groups is 1. The highest BCUT2D eigenvalue weighted by molar-refractivity contribution is 5.67. The maximum absolute atomic E-state index is 11.7. The number of hydrogen-bond acceptors (Lipinski definition) is 3. The zero-order chi connectivity index (χ0) is 13.9. The predicted octanol–water partition coefficient (Wildman–Crippen LogP) is 2.33. The summed E-state index contributed by atoms with van der Waals surface area (Å²) in [4.78, 5) is 14.7. The molecule has 5 heteroatoms. The van der Waals surface area contributed by atoms with Crippen LogP contribution in [0.15, 0.2) is 18.5 Å². The Morgan fingerprint density at radius 3 is 2.79 bits per heavy atom. The van der Waals surface area contributed by atoms with Crippen molar-refractivity contribution in [1.29, 1.82) is 0 Å². The summed E-state index contributed by atoms with van der Waals surface area (Å²) in [6.07, 6.45) is 5.91. The molecule has 1 aliphatic carbocycles. The first kappa shape index (κ1) is 13.9. The van der Waals surface area contributed by atoms with Crippen LogP contribution in [0.2, 0.25) is 0 Å². The molecule has 1 fully saturated rings. The van der Waals surface area contributed by atoms with Crippen LogP contribution < -0.4 is 10.6 Å². The van der Waals surface area contributed by atoms with E-state index in [1.54, 1.807) is 0 Å². The van der Waals surface area contributed by atoms with E-state index in [4.69, 9.17) is 4.74 Å². The zero-order valence-electron chi connectivity index (χ0n) is 11.8. The average molecular weight is 265 g/mol. The minimum absolute atomic E-state index is 0.131. The van der Waals surface area contributed by atoms with Crippen molar-refractivity contribution in [3.05, 3.63) is 24.0 Å². The Balaban J connectivity index is 1.84. The van der Waals surface area contributed by atoms with E-state index >= 15 is 0 Å². The second-order valence-electron chi connectivity index (χ2n) is 6.02. The number of hydrogen-bond donors (Lipinski definition) is 3. The van der Waals surface area contributed by atoms with Crippen molar-refractivity contribution in [2.75, 3.05) is 6.54 Å². The third-order valence-corrected chi connectivity index (χ3v) is 2.89. The highest BCUT2D eigenvalue weighted by Gasteiger charge is 2.26. The van der Waals surface area contributed by atoms with Crippen LogP contribution in [0.3, 0.4) is 0 Å². The van der Waals surface area contributed by atoms with Gasteiger partial charge in [-0.2, -0.15) is 0 Å². The van der Waals surface area contributed by atoms with E-state index in [2.05, 4.69) is 15.6 Å². The normalized spacial score (nSPS) is 17.0. The fraction of sp³-hybridized carbons (Fsp3) is 0.643. The van der Waals surface area contributed by atoms with Crippen LogP contribution in [0.1, 0.15) is 45.2 Å². The number of carbonyl (C=O) groups excluding carboxylic acids is 1. The van der Waals surface area contributed by atoms with Gasteiger partial charge in [-0.3, -0.25) is 0 Å². The maximum Gasteiger partial charge on any atom is 0.407 e. The highest BCUT2D eigenvalue weighted by Crippen LogP contribution is 2.23. The standard InChI is InChI=1S/C14H23N3O2/c1-14(2,3)19-13(18)16-9-12(17-11-4-5-11)10-6-7-15-8-10/h6-8,11-12,15,17H,4-5,9H2,1-3H3,(H,16,18). The molecule has 0 spiro atoms. The van der Waals surface area contributed by atoms with Gasteiger partial charge in [0.15, 0.2) is 0 Å². The summed E-state index contributed by atoms with van der Waals surface area (Å²) >= 11 is 0. The van der Waals surface area contributed by atoms with E-state index in [9.17, 15) is 4.79 Å². The van der Waals surface area contributed by atoms with Gasteiger partial charge in [0.05, 0.1) is 6.04 Å². The van der Waals surface area contributed by atoms with Crippen LogP contribution in [-0.4, -0.2) is 29.3 Å². The average Bonchev–Trinajstić information content (AvgIpc) is 2.93. The van der Waals surface area contributed by atoms with Gasteiger partial charge in [0.2, 0.25) is 0 Å². The number of aromatic amines is 1. The summed E-state index contributed by atoms with van der Waals surface area (Å²) in [6.45, 7) is 6.11. The Hall–Kier alpha value is -1.49. The van der Waals surface area contributed by atoms with Gasteiger partial charge >= 0.3 is 6.09 Å². The summed E-state index contributed by atoms with van der Waals surface area (Å²) in [5.74, 6) is 0. The first-order chi connectivity index (χ1) is 8.94. The summed E-state index contributed by atoms with van der Waals surface area (Å²) in [5.41, 5.74) is 0.695. The molecule has 19 heavy (non-hydrogen) atoms. The largest absolute Gasteiger partial charge is 0.444 e. The van der Waals surface area contributed by atoms with Gasteiger partial charge in [-0.25, -0.2) is 4.79 Å².